The Kier molecular flexibility index (Phi) is 4.51. The maximum Gasteiger partial charge on any atom is 0.0370 e. The van der Waals surface area contributed by atoms with E-state index in [0.717, 1.165) is 26.1 Å². The first-order valence-electron chi connectivity index (χ1n) is 7.61. The van der Waals surface area contributed by atoms with Crippen LogP contribution in [0.3, 0.4) is 0 Å². The Balaban J connectivity index is 2.21. The van der Waals surface area contributed by atoms with Crippen LogP contribution in [-0.4, -0.2) is 37.6 Å². The molecule has 1 aliphatic heterocycles. The van der Waals surface area contributed by atoms with Gasteiger partial charge in [0, 0.05) is 31.4 Å². The molecular formula is C17H28N2. The van der Waals surface area contributed by atoms with Gasteiger partial charge in [0.25, 0.3) is 0 Å². The second kappa shape index (κ2) is 5.96. The first-order valence-corrected chi connectivity index (χ1v) is 7.61. The molecule has 1 aromatic rings. The summed E-state index contributed by atoms with van der Waals surface area (Å²) in [5.74, 6) is 0.621. The van der Waals surface area contributed by atoms with Crippen molar-refractivity contribution in [3.8, 4) is 0 Å². The van der Waals surface area contributed by atoms with Crippen molar-refractivity contribution in [3.63, 3.8) is 0 Å². The number of nitrogens with zero attached hydrogens (tertiary/aromatic N) is 2. The van der Waals surface area contributed by atoms with Crippen LogP contribution in [0.4, 0.5) is 5.69 Å². The van der Waals surface area contributed by atoms with Crippen molar-refractivity contribution in [2.75, 3.05) is 31.6 Å². The van der Waals surface area contributed by atoms with Gasteiger partial charge in [0.05, 0.1) is 0 Å². The Morgan fingerprint density at radius 3 is 2.58 bits per heavy atom. The predicted molar refractivity (Wildman–Crippen MR) is 84.2 cm³/mol. The molecule has 1 heterocycles. The number of likely N-dealkylation sites (N-methyl/N-ethyl adjacent to an activating group) is 1. The Morgan fingerprint density at radius 1 is 1.26 bits per heavy atom. The summed E-state index contributed by atoms with van der Waals surface area (Å²) < 4.78 is 0. The third-order valence-electron chi connectivity index (χ3n) is 4.45. The molecule has 0 saturated carbocycles. The molecule has 1 aliphatic rings. The van der Waals surface area contributed by atoms with Crippen LogP contribution >= 0.6 is 0 Å². The molecule has 0 aliphatic carbocycles. The quantitative estimate of drug-likeness (QED) is 0.820. The third kappa shape index (κ3) is 3.11. The molecule has 0 aromatic heterocycles. The molecule has 2 nitrogen and oxygen atoms in total. The molecule has 2 heteroatoms. The van der Waals surface area contributed by atoms with Crippen LogP contribution in [-0.2, 0) is 6.42 Å². The summed E-state index contributed by atoms with van der Waals surface area (Å²) in [6.07, 6.45) is 1.13. The monoisotopic (exact) mass is 260 g/mol. The first-order chi connectivity index (χ1) is 9.02. The van der Waals surface area contributed by atoms with E-state index in [4.69, 9.17) is 0 Å². The van der Waals surface area contributed by atoms with Gasteiger partial charge in [-0.15, -0.1) is 0 Å². The summed E-state index contributed by atoms with van der Waals surface area (Å²) in [6.45, 7) is 12.6. The second-order valence-corrected chi connectivity index (χ2v) is 6.17. The van der Waals surface area contributed by atoms with Crippen molar-refractivity contribution in [1.29, 1.82) is 0 Å². The van der Waals surface area contributed by atoms with E-state index in [1.165, 1.54) is 16.8 Å². The van der Waals surface area contributed by atoms with Crippen molar-refractivity contribution in [2.24, 2.45) is 0 Å². The van der Waals surface area contributed by atoms with Crippen LogP contribution in [0.15, 0.2) is 18.2 Å². The molecule has 19 heavy (non-hydrogen) atoms. The van der Waals surface area contributed by atoms with Crippen LogP contribution in [0, 0.1) is 0 Å². The normalized spacial score (nSPS) is 21.2. The van der Waals surface area contributed by atoms with E-state index in [1.807, 2.05) is 0 Å². The van der Waals surface area contributed by atoms with Gasteiger partial charge >= 0.3 is 0 Å². The molecule has 0 spiro atoms. The number of benzene rings is 1. The van der Waals surface area contributed by atoms with Gasteiger partial charge in [-0.3, -0.25) is 0 Å². The SMILES string of the molecule is CCc1cc(N2CCN(C)[C@@H](C)C2)ccc1C(C)C. The maximum absolute atomic E-state index is 2.54. The number of piperazine rings is 1. The fraction of sp³-hybridized carbons (Fsp3) is 0.647. The van der Waals surface area contributed by atoms with E-state index in [2.05, 4.69) is 62.7 Å². The lowest BCUT2D eigenvalue weighted by molar-refractivity contribution is 0.234. The zero-order valence-corrected chi connectivity index (χ0v) is 13.1. The van der Waals surface area contributed by atoms with E-state index in [1.54, 1.807) is 0 Å². The molecule has 1 aromatic carbocycles. The molecule has 0 N–H and O–H groups in total. The number of aryl methyl sites for hydroxylation is 1. The molecule has 1 saturated heterocycles. The summed E-state index contributed by atoms with van der Waals surface area (Å²) in [5.41, 5.74) is 4.42. The Hall–Kier alpha value is -1.02. The van der Waals surface area contributed by atoms with Gasteiger partial charge in [-0.25, -0.2) is 0 Å². The zero-order valence-electron chi connectivity index (χ0n) is 13.1. The predicted octanol–water partition coefficient (Wildman–Crippen LogP) is 3.51. The molecule has 0 amide bonds. The summed E-state index contributed by atoms with van der Waals surface area (Å²) in [6, 6.07) is 7.70. The Labute approximate surface area is 118 Å². The summed E-state index contributed by atoms with van der Waals surface area (Å²) in [7, 11) is 2.22. The van der Waals surface area contributed by atoms with Crippen LogP contribution in [0.25, 0.3) is 0 Å². The third-order valence-corrected chi connectivity index (χ3v) is 4.45. The molecule has 0 radical (unpaired) electrons. The van der Waals surface area contributed by atoms with Crippen molar-refractivity contribution in [1.82, 2.24) is 4.90 Å². The van der Waals surface area contributed by atoms with E-state index in [0.29, 0.717) is 12.0 Å². The average Bonchev–Trinajstić information content (AvgIpc) is 2.41. The van der Waals surface area contributed by atoms with E-state index < -0.39 is 0 Å². The minimum Gasteiger partial charge on any atom is -0.369 e. The van der Waals surface area contributed by atoms with E-state index in [9.17, 15) is 0 Å². The molecule has 1 atom stereocenters. The molecule has 0 unspecified atom stereocenters. The molecular weight excluding hydrogens is 232 g/mol. The van der Waals surface area contributed by atoms with Gasteiger partial charge in [0.2, 0.25) is 0 Å². The molecule has 0 bridgehead atoms. The van der Waals surface area contributed by atoms with E-state index >= 15 is 0 Å². The fourth-order valence-corrected chi connectivity index (χ4v) is 2.94. The minimum atomic E-state index is 0.621. The largest absolute Gasteiger partial charge is 0.369 e. The Bertz CT molecular complexity index is 425. The Morgan fingerprint density at radius 2 is 2.00 bits per heavy atom. The van der Waals surface area contributed by atoms with Crippen molar-refractivity contribution >= 4 is 5.69 Å². The summed E-state index contributed by atoms with van der Waals surface area (Å²) >= 11 is 0. The van der Waals surface area contributed by atoms with Gasteiger partial charge in [-0.2, -0.15) is 0 Å². The highest BCUT2D eigenvalue weighted by atomic mass is 15.3. The topological polar surface area (TPSA) is 6.48 Å². The molecule has 1 fully saturated rings. The van der Waals surface area contributed by atoms with Gasteiger partial charge in [0.15, 0.2) is 0 Å². The second-order valence-electron chi connectivity index (χ2n) is 6.17. The highest BCUT2D eigenvalue weighted by Gasteiger charge is 2.21. The van der Waals surface area contributed by atoms with Crippen molar-refractivity contribution in [3.05, 3.63) is 29.3 Å². The van der Waals surface area contributed by atoms with Crippen LogP contribution in [0.5, 0.6) is 0 Å². The highest BCUT2D eigenvalue weighted by molar-refractivity contribution is 5.52. The lowest BCUT2D eigenvalue weighted by Crippen LogP contribution is -2.50. The van der Waals surface area contributed by atoms with Gasteiger partial charge < -0.3 is 9.80 Å². The number of hydrogen-bond donors (Lipinski definition) is 0. The fourth-order valence-electron chi connectivity index (χ4n) is 2.94. The molecule has 106 valence electrons. The summed E-state index contributed by atoms with van der Waals surface area (Å²) in [5, 5.41) is 0. The number of rotatable bonds is 3. The van der Waals surface area contributed by atoms with Gasteiger partial charge in [0.1, 0.15) is 0 Å². The summed E-state index contributed by atoms with van der Waals surface area (Å²) in [4.78, 5) is 4.98. The van der Waals surface area contributed by atoms with Crippen LogP contribution < -0.4 is 4.90 Å². The maximum atomic E-state index is 2.54. The van der Waals surface area contributed by atoms with Crippen molar-refractivity contribution < 1.29 is 0 Å². The van der Waals surface area contributed by atoms with Crippen LogP contribution in [0.1, 0.15) is 44.7 Å². The number of anilines is 1. The van der Waals surface area contributed by atoms with E-state index in [-0.39, 0.29) is 0 Å². The lowest BCUT2D eigenvalue weighted by Gasteiger charge is -2.39. The minimum absolute atomic E-state index is 0.621. The first kappa shape index (κ1) is 14.4. The highest BCUT2D eigenvalue weighted by Crippen LogP contribution is 2.26. The zero-order chi connectivity index (χ0) is 14.0. The van der Waals surface area contributed by atoms with Gasteiger partial charge in [-0.05, 0) is 49.6 Å². The average molecular weight is 260 g/mol. The van der Waals surface area contributed by atoms with Gasteiger partial charge in [-0.1, -0.05) is 26.8 Å². The smallest absolute Gasteiger partial charge is 0.0370 e. The molecule has 2 rings (SSSR count). The lowest BCUT2D eigenvalue weighted by atomic mass is 9.95. The number of hydrogen-bond acceptors (Lipinski definition) is 2. The van der Waals surface area contributed by atoms with Crippen LogP contribution in [0.2, 0.25) is 0 Å². The van der Waals surface area contributed by atoms with Crippen molar-refractivity contribution in [2.45, 2.75) is 46.1 Å². The standard InChI is InChI=1S/C17H28N2/c1-6-15-11-16(7-8-17(15)13(2)3)19-10-9-18(5)14(4)12-19/h7-8,11,13-14H,6,9-10,12H2,1-5H3/t14-/m0/s1.